The molecule has 7 heteroatoms. The van der Waals surface area contributed by atoms with E-state index in [4.69, 9.17) is 9.05 Å². The van der Waals surface area contributed by atoms with E-state index < -0.39 is 12.9 Å². The summed E-state index contributed by atoms with van der Waals surface area (Å²) in [6, 6.07) is 6.91. The van der Waals surface area contributed by atoms with E-state index in [0.717, 1.165) is 4.47 Å². The molecule has 1 rings (SSSR count). The van der Waals surface area contributed by atoms with Crippen LogP contribution in [0.4, 0.5) is 0 Å². The lowest BCUT2D eigenvalue weighted by Gasteiger charge is -2.33. The summed E-state index contributed by atoms with van der Waals surface area (Å²) in [4.78, 5) is 12.3. The third-order valence-electron chi connectivity index (χ3n) is 2.81. The second-order valence-corrected chi connectivity index (χ2v) is 8.40. The summed E-state index contributed by atoms with van der Waals surface area (Å²) in [5.41, 5.74) is 0.478. The quantitative estimate of drug-likeness (QED) is 0.723. The summed E-state index contributed by atoms with van der Waals surface area (Å²) in [7, 11) is -3.45. The third kappa shape index (κ3) is 4.65. The van der Waals surface area contributed by atoms with Crippen LogP contribution in [0.15, 0.2) is 28.7 Å². The van der Waals surface area contributed by atoms with Gasteiger partial charge in [0, 0.05) is 10.0 Å². The van der Waals surface area contributed by atoms with Crippen LogP contribution in [-0.4, -0.2) is 24.4 Å². The number of hydrogen-bond donors (Lipinski definition) is 1. The van der Waals surface area contributed by atoms with Gasteiger partial charge < -0.3 is 14.4 Å². The van der Waals surface area contributed by atoms with Crippen LogP contribution in [0.5, 0.6) is 0 Å². The van der Waals surface area contributed by atoms with Crippen LogP contribution in [0.2, 0.25) is 0 Å². The zero-order valence-corrected chi connectivity index (χ0v) is 15.2. The predicted molar refractivity (Wildman–Crippen MR) is 86.5 cm³/mol. The topological polar surface area (TPSA) is 64.6 Å². The maximum atomic E-state index is 12.8. The van der Waals surface area contributed by atoms with Crippen LogP contribution in [0.1, 0.15) is 38.1 Å². The lowest BCUT2D eigenvalue weighted by molar-refractivity contribution is 0.0916. The first-order chi connectivity index (χ1) is 9.75. The van der Waals surface area contributed by atoms with E-state index in [1.165, 1.54) is 0 Å². The molecule has 0 spiro atoms. The molecule has 5 nitrogen and oxygen atoms in total. The summed E-state index contributed by atoms with van der Waals surface area (Å²) < 4.78 is 24.3. The fraction of sp³-hybridized carbons (Fsp3) is 0.500. The van der Waals surface area contributed by atoms with Crippen molar-refractivity contribution in [2.45, 2.75) is 33.0 Å². The molecule has 0 atom stereocenters. The number of carbonyl (C=O) groups excluding carboxylic acids is 1. The minimum atomic E-state index is -3.45. The van der Waals surface area contributed by atoms with Crippen molar-refractivity contribution in [2.24, 2.45) is 0 Å². The molecule has 0 saturated heterocycles. The maximum absolute atomic E-state index is 12.8. The van der Waals surface area contributed by atoms with Gasteiger partial charge in [-0.25, -0.2) is 0 Å². The second kappa shape index (κ2) is 7.54. The van der Waals surface area contributed by atoms with Crippen molar-refractivity contribution in [1.82, 2.24) is 5.32 Å². The van der Waals surface area contributed by atoms with Gasteiger partial charge in [-0.05, 0) is 52.0 Å². The zero-order valence-electron chi connectivity index (χ0n) is 12.7. The van der Waals surface area contributed by atoms with Gasteiger partial charge in [0.05, 0.1) is 13.2 Å². The Hall–Kier alpha value is -0.680. The van der Waals surface area contributed by atoms with Crippen molar-refractivity contribution in [3.63, 3.8) is 0 Å². The molecule has 1 amide bonds. The summed E-state index contributed by atoms with van der Waals surface area (Å²) >= 11 is 3.31. The van der Waals surface area contributed by atoms with Crippen molar-refractivity contribution in [1.29, 1.82) is 0 Å². The highest BCUT2D eigenvalue weighted by molar-refractivity contribution is 9.10. The zero-order chi connectivity index (χ0) is 16.1. The van der Waals surface area contributed by atoms with E-state index in [9.17, 15) is 9.36 Å². The largest absolute Gasteiger partial charge is 0.355 e. The summed E-state index contributed by atoms with van der Waals surface area (Å²) in [5, 5.41) is 1.61. The standard InChI is InChI=1S/C14H21BrNO4P/c1-5-19-21(18,20-6-2)14(3,4)16-13(17)11-7-9-12(15)10-8-11/h7-10H,5-6H2,1-4H3,(H,16,17). The molecular weight excluding hydrogens is 357 g/mol. The number of benzene rings is 1. The van der Waals surface area contributed by atoms with E-state index in [1.807, 2.05) is 0 Å². The van der Waals surface area contributed by atoms with E-state index in [1.54, 1.807) is 52.0 Å². The number of carbonyl (C=O) groups is 1. The van der Waals surface area contributed by atoms with Gasteiger partial charge in [0.15, 0.2) is 0 Å². The van der Waals surface area contributed by atoms with E-state index in [2.05, 4.69) is 21.2 Å². The Kier molecular flexibility index (Phi) is 6.60. The molecule has 1 aromatic rings. The SMILES string of the molecule is CCOP(=O)(OCC)C(C)(C)NC(=O)c1ccc(Br)cc1. The fourth-order valence-corrected chi connectivity index (χ4v) is 3.62. The molecule has 0 unspecified atom stereocenters. The smallest absolute Gasteiger partial charge is 0.336 e. The van der Waals surface area contributed by atoms with Crippen LogP contribution in [0, 0.1) is 0 Å². The van der Waals surface area contributed by atoms with Gasteiger partial charge in [0.25, 0.3) is 5.91 Å². The lowest BCUT2D eigenvalue weighted by atomic mass is 10.2. The normalized spacial score (nSPS) is 12.2. The Morgan fingerprint density at radius 1 is 1.19 bits per heavy atom. The predicted octanol–water partition coefficient (Wildman–Crippen LogP) is 4.18. The molecule has 0 radical (unpaired) electrons. The number of rotatable bonds is 7. The van der Waals surface area contributed by atoms with Crippen molar-refractivity contribution >= 4 is 29.4 Å². The van der Waals surface area contributed by atoms with Gasteiger partial charge in [-0.15, -0.1) is 0 Å². The van der Waals surface area contributed by atoms with Crippen LogP contribution in [0.3, 0.4) is 0 Å². The Morgan fingerprint density at radius 2 is 1.67 bits per heavy atom. The number of amides is 1. The van der Waals surface area contributed by atoms with Crippen molar-refractivity contribution < 1.29 is 18.4 Å². The lowest BCUT2D eigenvalue weighted by Crippen LogP contribution is -2.44. The summed E-state index contributed by atoms with van der Waals surface area (Å²) in [6.45, 7) is 7.23. The highest BCUT2D eigenvalue weighted by atomic mass is 79.9. The van der Waals surface area contributed by atoms with Crippen LogP contribution in [0.25, 0.3) is 0 Å². The maximum Gasteiger partial charge on any atom is 0.355 e. The minimum Gasteiger partial charge on any atom is -0.336 e. The first-order valence-corrected chi connectivity index (χ1v) is 9.06. The highest BCUT2D eigenvalue weighted by Gasteiger charge is 2.44. The molecular formula is C14H21BrNO4P. The molecule has 0 aliphatic rings. The van der Waals surface area contributed by atoms with Gasteiger partial charge in [0.1, 0.15) is 5.28 Å². The van der Waals surface area contributed by atoms with Gasteiger partial charge in [-0.1, -0.05) is 15.9 Å². The van der Waals surface area contributed by atoms with E-state index >= 15 is 0 Å². The second-order valence-electron chi connectivity index (χ2n) is 4.85. The average Bonchev–Trinajstić information content (AvgIpc) is 2.39. The Labute approximate surface area is 134 Å². The van der Waals surface area contributed by atoms with Crippen LogP contribution in [-0.2, 0) is 13.6 Å². The Morgan fingerprint density at radius 3 is 2.10 bits per heavy atom. The first-order valence-electron chi connectivity index (χ1n) is 6.73. The Balaban J connectivity index is 2.94. The van der Waals surface area contributed by atoms with E-state index in [0.29, 0.717) is 5.56 Å². The summed E-state index contributed by atoms with van der Waals surface area (Å²) in [6.07, 6.45) is 0. The molecule has 21 heavy (non-hydrogen) atoms. The first kappa shape index (κ1) is 18.4. The number of halogens is 1. The fourth-order valence-electron chi connectivity index (χ4n) is 1.72. The Bertz CT molecular complexity index is 520. The molecule has 0 aliphatic carbocycles. The third-order valence-corrected chi connectivity index (χ3v) is 6.01. The summed E-state index contributed by atoms with van der Waals surface area (Å²) in [5.74, 6) is -0.327. The number of hydrogen-bond acceptors (Lipinski definition) is 4. The van der Waals surface area contributed by atoms with Gasteiger partial charge in [0.2, 0.25) is 0 Å². The molecule has 0 bridgehead atoms. The van der Waals surface area contributed by atoms with Crippen LogP contribution >= 0.6 is 23.5 Å². The highest BCUT2D eigenvalue weighted by Crippen LogP contribution is 2.58. The molecule has 1 N–H and O–H groups in total. The molecule has 118 valence electrons. The number of nitrogens with one attached hydrogen (secondary N) is 1. The van der Waals surface area contributed by atoms with Gasteiger partial charge in [-0.3, -0.25) is 9.36 Å². The van der Waals surface area contributed by atoms with Crippen molar-refractivity contribution in [2.75, 3.05) is 13.2 Å². The van der Waals surface area contributed by atoms with Crippen molar-refractivity contribution in [3.05, 3.63) is 34.3 Å². The molecule has 0 aliphatic heterocycles. The average molecular weight is 378 g/mol. The molecule has 0 saturated carbocycles. The molecule has 0 aromatic heterocycles. The van der Waals surface area contributed by atoms with Gasteiger partial charge >= 0.3 is 7.60 Å². The van der Waals surface area contributed by atoms with Gasteiger partial charge in [-0.2, -0.15) is 0 Å². The van der Waals surface area contributed by atoms with Crippen molar-refractivity contribution in [3.8, 4) is 0 Å². The molecule has 1 aromatic carbocycles. The minimum absolute atomic E-state index is 0.245. The molecule has 0 fully saturated rings. The monoisotopic (exact) mass is 377 g/mol. The van der Waals surface area contributed by atoms with Crippen LogP contribution < -0.4 is 5.32 Å². The van der Waals surface area contributed by atoms with E-state index in [-0.39, 0.29) is 19.1 Å². The molecule has 0 heterocycles.